The van der Waals surface area contributed by atoms with Crippen molar-refractivity contribution in [2.75, 3.05) is 44.3 Å². The normalized spacial score (nSPS) is 18.7. The van der Waals surface area contributed by atoms with Gasteiger partial charge in [-0.25, -0.2) is 4.98 Å². The molecule has 0 radical (unpaired) electrons. The number of hydrogen-bond acceptors (Lipinski definition) is 7. The summed E-state index contributed by atoms with van der Waals surface area (Å²) in [4.78, 5) is 9.81. The summed E-state index contributed by atoms with van der Waals surface area (Å²) in [6.07, 6.45) is 3.88. The van der Waals surface area contributed by atoms with Crippen molar-refractivity contribution >= 4 is 22.4 Å². The molecule has 4 aromatic rings. The van der Waals surface area contributed by atoms with Crippen molar-refractivity contribution in [2.45, 2.75) is 38.8 Å². The van der Waals surface area contributed by atoms with Crippen LogP contribution in [0.1, 0.15) is 32.4 Å². The number of aromatic nitrogens is 5. The summed E-state index contributed by atoms with van der Waals surface area (Å²) in [6.45, 7) is 9.66. The minimum absolute atomic E-state index is 0.350. The maximum Gasteiger partial charge on any atom is 0.158 e. The van der Waals surface area contributed by atoms with E-state index in [1.807, 2.05) is 36.7 Å². The zero-order valence-electron chi connectivity index (χ0n) is 20.4. The predicted octanol–water partition coefficient (Wildman–Crippen LogP) is 3.09. The summed E-state index contributed by atoms with van der Waals surface area (Å²) < 4.78 is 7.60. The number of nitrogens with one attached hydrogen (secondary N) is 1. The second-order valence-electron chi connectivity index (χ2n) is 10.3. The predicted molar refractivity (Wildman–Crippen MR) is 135 cm³/mol. The van der Waals surface area contributed by atoms with Crippen molar-refractivity contribution < 1.29 is 9.84 Å². The summed E-state index contributed by atoms with van der Waals surface area (Å²) in [5.41, 5.74) is 4.24. The smallest absolute Gasteiger partial charge is 0.158 e. The summed E-state index contributed by atoms with van der Waals surface area (Å²) in [7, 11) is 0. The van der Waals surface area contributed by atoms with E-state index in [4.69, 9.17) is 14.8 Å². The second-order valence-corrected chi connectivity index (χ2v) is 10.3. The fraction of sp³-hybridized carbons (Fsp3) is 0.500. The third-order valence-corrected chi connectivity index (χ3v) is 7.53. The highest BCUT2D eigenvalue weighted by atomic mass is 16.5. The summed E-state index contributed by atoms with van der Waals surface area (Å²) in [6, 6.07) is 10.4. The molecule has 6 rings (SSSR count). The van der Waals surface area contributed by atoms with Gasteiger partial charge in [0.05, 0.1) is 41.9 Å². The maximum absolute atomic E-state index is 10.4. The molecule has 2 aliphatic rings. The Morgan fingerprint density at radius 1 is 1.11 bits per heavy atom. The quantitative estimate of drug-likeness (QED) is 0.458. The molecule has 184 valence electrons. The lowest BCUT2D eigenvalue weighted by atomic mass is 9.83. The van der Waals surface area contributed by atoms with Crippen molar-refractivity contribution in [3.05, 3.63) is 42.2 Å². The number of hydrogen-bond donors (Lipinski definition) is 2. The van der Waals surface area contributed by atoms with Crippen molar-refractivity contribution in [2.24, 2.45) is 5.92 Å². The molecule has 0 unspecified atom stereocenters. The van der Waals surface area contributed by atoms with Gasteiger partial charge < -0.3 is 14.7 Å². The van der Waals surface area contributed by atoms with Crippen molar-refractivity contribution in [3.8, 4) is 11.3 Å². The fourth-order valence-corrected chi connectivity index (χ4v) is 5.46. The maximum atomic E-state index is 10.4. The number of ether oxygens (including phenoxy) is 1. The Kier molecular flexibility index (Phi) is 5.70. The number of fused-ring (bicyclic) bond motifs is 2. The molecule has 5 heterocycles. The lowest BCUT2D eigenvalue weighted by molar-refractivity contribution is -0.0137. The molecule has 0 saturated carbocycles. The van der Waals surface area contributed by atoms with Crippen LogP contribution in [-0.4, -0.2) is 79.8 Å². The largest absolute Gasteiger partial charge is 0.390 e. The van der Waals surface area contributed by atoms with E-state index in [2.05, 4.69) is 38.2 Å². The van der Waals surface area contributed by atoms with Crippen LogP contribution in [0.15, 0.2) is 36.5 Å². The number of likely N-dealkylation sites (tertiary alicyclic amines) is 1. The number of H-pyrrole nitrogens is 1. The van der Waals surface area contributed by atoms with Crippen LogP contribution in [0.25, 0.3) is 27.8 Å². The minimum atomic E-state index is -0.611. The molecular formula is C26H33N7O2. The van der Waals surface area contributed by atoms with Gasteiger partial charge in [-0.05, 0) is 51.8 Å². The molecule has 3 aromatic heterocycles. The van der Waals surface area contributed by atoms with Gasteiger partial charge >= 0.3 is 0 Å². The summed E-state index contributed by atoms with van der Waals surface area (Å²) >= 11 is 0. The van der Waals surface area contributed by atoms with Crippen LogP contribution in [0.3, 0.4) is 0 Å². The van der Waals surface area contributed by atoms with Gasteiger partial charge in [0.1, 0.15) is 5.82 Å². The number of nitrogens with zero attached hydrogens (tertiary/aromatic N) is 6. The molecule has 2 aliphatic heterocycles. The van der Waals surface area contributed by atoms with Gasteiger partial charge in [-0.15, -0.1) is 0 Å². The van der Waals surface area contributed by atoms with Crippen LogP contribution in [0, 0.1) is 5.92 Å². The number of aromatic amines is 1. The lowest BCUT2D eigenvalue weighted by Crippen LogP contribution is -2.41. The first kappa shape index (κ1) is 22.5. The van der Waals surface area contributed by atoms with Gasteiger partial charge in [0.15, 0.2) is 5.65 Å². The summed E-state index contributed by atoms with van der Waals surface area (Å²) in [5.74, 6) is 1.39. The molecule has 2 saturated heterocycles. The van der Waals surface area contributed by atoms with Gasteiger partial charge in [-0.2, -0.15) is 14.7 Å². The number of piperidine rings is 1. The molecule has 1 aromatic carbocycles. The minimum Gasteiger partial charge on any atom is -0.390 e. The Morgan fingerprint density at radius 2 is 1.91 bits per heavy atom. The van der Waals surface area contributed by atoms with Crippen LogP contribution in [0.5, 0.6) is 0 Å². The zero-order chi connectivity index (χ0) is 24.0. The van der Waals surface area contributed by atoms with Crippen molar-refractivity contribution in [3.63, 3.8) is 0 Å². The molecule has 0 atom stereocenters. The Labute approximate surface area is 204 Å². The first-order chi connectivity index (χ1) is 17.0. The molecule has 2 N–H and O–H groups in total. The highest BCUT2D eigenvalue weighted by Crippen LogP contribution is 2.31. The Balaban J connectivity index is 1.35. The van der Waals surface area contributed by atoms with Gasteiger partial charge in [0.2, 0.25) is 0 Å². The standard InChI is InChI=1S/C26H33N7O2/c1-26(2,34)18-6-8-31(9-7-18)17-19-14-24-28-23(20-4-3-5-22-21(20)16-27-29-22)15-25(33(24)30-19)32-10-12-35-13-11-32/h3-5,14-16,18,34H,6-13,17H2,1-2H3,(H,27,29). The number of aliphatic hydroxyl groups is 1. The molecular weight excluding hydrogens is 442 g/mol. The second kappa shape index (κ2) is 8.89. The van der Waals surface area contributed by atoms with Crippen molar-refractivity contribution in [1.29, 1.82) is 0 Å². The fourth-order valence-electron chi connectivity index (χ4n) is 5.46. The van der Waals surface area contributed by atoms with Gasteiger partial charge in [0.25, 0.3) is 0 Å². The van der Waals surface area contributed by atoms with Gasteiger partial charge in [0, 0.05) is 42.7 Å². The summed E-state index contributed by atoms with van der Waals surface area (Å²) in [5, 5.41) is 23.7. The molecule has 35 heavy (non-hydrogen) atoms. The third-order valence-electron chi connectivity index (χ3n) is 7.53. The lowest BCUT2D eigenvalue weighted by Gasteiger charge is -2.37. The van der Waals surface area contributed by atoms with Crippen LogP contribution in [0.4, 0.5) is 5.82 Å². The average Bonchev–Trinajstić information content (AvgIpc) is 3.50. The van der Waals surface area contributed by atoms with E-state index in [1.165, 1.54) is 0 Å². The van der Waals surface area contributed by atoms with E-state index in [1.54, 1.807) is 0 Å². The van der Waals surface area contributed by atoms with Crippen LogP contribution < -0.4 is 4.90 Å². The monoisotopic (exact) mass is 475 g/mol. The molecule has 0 amide bonds. The van der Waals surface area contributed by atoms with E-state index in [9.17, 15) is 5.11 Å². The van der Waals surface area contributed by atoms with Crippen molar-refractivity contribution in [1.82, 2.24) is 29.7 Å². The zero-order valence-corrected chi connectivity index (χ0v) is 20.4. The van der Waals surface area contributed by atoms with E-state index in [0.29, 0.717) is 19.1 Å². The van der Waals surface area contributed by atoms with Crippen LogP contribution >= 0.6 is 0 Å². The van der Waals surface area contributed by atoms with E-state index in [-0.39, 0.29) is 0 Å². The number of benzene rings is 1. The first-order valence-electron chi connectivity index (χ1n) is 12.6. The molecule has 0 spiro atoms. The third kappa shape index (κ3) is 4.39. The molecule has 9 nitrogen and oxygen atoms in total. The Hall–Kier alpha value is -3.01. The molecule has 9 heteroatoms. The highest BCUT2D eigenvalue weighted by molar-refractivity contribution is 5.93. The van der Waals surface area contributed by atoms with Crippen LogP contribution in [-0.2, 0) is 11.3 Å². The Morgan fingerprint density at radius 3 is 2.69 bits per heavy atom. The molecule has 0 aliphatic carbocycles. The molecule has 0 bridgehead atoms. The topological polar surface area (TPSA) is 94.8 Å². The van der Waals surface area contributed by atoms with E-state index < -0.39 is 5.60 Å². The molecule has 2 fully saturated rings. The van der Waals surface area contributed by atoms with E-state index in [0.717, 1.165) is 84.9 Å². The highest BCUT2D eigenvalue weighted by Gasteiger charge is 2.30. The van der Waals surface area contributed by atoms with E-state index >= 15 is 0 Å². The number of anilines is 1. The van der Waals surface area contributed by atoms with Crippen LogP contribution in [0.2, 0.25) is 0 Å². The average molecular weight is 476 g/mol. The SMILES string of the molecule is CC(C)(O)C1CCN(Cc2cc3nc(-c4cccc5[nH]ncc45)cc(N4CCOCC4)n3n2)CC1. The number of morpholine rings is 1. The Bertz CT molecular complexity index is 1320. The van der Waals surface area contributed by atoms with Gasteiger partial charge in [-0.3, -0.25) is 10.00 Å². The van der Waals surface area contributed by atoms with Gasteiger partial charge in [-0.1, -0.05) is 12.1 Å². The number of rotatable bonds is 5. The first-order valence-corrected chi connectivity index (χ1v) is 12.6.